The van der Waals surface area contributed by atoms with Crippen molar-refractivity contribution in [2.75, 3.05) is 0 Å². The molecule has 0 fully saturated rings. The summed E-state index contributed by atoms with van der Waals surface area (Å²) in [4.78, 5) is 6.08. The molecule has 0 aliphatic carbocycles. The zero-order chi connectivity index (χ0) is 13.1. The summed E-state index contributed by atoms with van der Waals surface area (Å²) in [5, 5.41) is 11.5. The van der Waals surface area contributed by atoms with Gasteiger partial charge in [0, 0.05) is 16.0 Å². The molecule has 1 aromatic heterocycles. The maximum absolute atomic E-state index is 9.04. The molecule has 0 bridgehead atoms. The number of hydrogen-bond acceptors (Lipinski definition) is 3. The van der Waals surface area contributed by atoms with E-state index in [1.165, 1.54) is 10.8 Å². The third-order valence-electron chi connectivity index (χ3n) is 2.83. The topological polar surface area (TPSA) is 36.7 Å². The average molecular weight is 262 g/mol. The Kier molecular flexibility index (Phi) is 3.18. The molecule has 0 radical (unpaired) electrons. The van der Waals surface area contributed by atoms with E-state index in [4.69, 9.17) is 5.26 Å². The van der Waals surface area contributed by atoms with Gasteiger partial charge in [-0.3, -0.25) is 0 Å². The highest BCUT2D eigenvalue weighted by atomic mass is 32.2. The molecule has 3 aromatic rings. The predicted molar refractivity (Wildman–Crippen MR) is 77.0 cm³/mol. The normalized spacial score (nSPS) is 10.3. The monoisotopic (exact) mass is 262 g/mol. The zero-order valence-corrected chi connectivity index (χ0v) is 10.9. The Morgan fingerprint density at radius 1 is 0.947 bits per heavy atom. The van der Waals surface area contributed by atoms with Crippen molar-refractivity contribution in [2.45, 2.75) is 9.79 Å². The van der Waals surface area contributed by atoms with E-state index in [1.807, 2.05) is 24.3 Å². The van der Waals surface area contributed by atoms with E-state index >= 15 is 0 Å². The molecule has 0 saturated carbocycles. The molecule has 19 heavy (non-hydrogen) atoms. The van der Waals surface area contributed by atoms with Crippen LogP contribution < -0.4 is 0 Å². The first-order valence-corrected chi connectivity index (χ1v) is 6.70. The van der Waals surface area contributed by atoms with Crippen molar-refractivity contribution in [3.05, 3.63) is 66.5 Å². The predicted octanol–water partition coefficient (Wildman–Crippen LogP) is 4.26. The number of nitrogens with zero attached hydrogens (tertiary/aromatic N) is 2. The van der Waals surface area contributed by atoms with Crippen molar-refractivity contribution in [3.63, 3.8) is 0 Å². The van der Waals surface area contributed by atoms with Gasteiger partial charge in [0.25, 0.3) is 0 Å². The first kappa shape index (κ1) is 11.8. The summed E-state index contributed by atoms with van der Waals surface area (Å²) in [5.74, 6) is 0. The number of benzene rings is 2. The quantitative estimate of drug-likeness (QED) is 0.692. The number of rotatable bonds is 2. The van der Waals surface area contributed by atoms with Crippen molar-refractivity contribution >= 4 is 22.5 Å². The molecule has 3 heteroatoms. The second kappa shape index (κ2) is 5.13. The van der Waals surface area contributed by atoms with E-state index in [0.29, 0.717) is 5.69 Å². The summed E-state index contributed by atoms with van der Waals surface area (Å²) < 4.78 is 0. The highest BCUT2D eigenvalue weighted by Crippen LogP contribution is 2.31. The fraction of sp³-hybridized carbons (Fsp3) is 0. The Morgan fingerprint density at radius 3 is 2.63 bits per heavy atom. The van der Waals surface area contributed by atoms with E-state index in [0.717, 1.165) is 9.79 Å². The fourth-order valence-corrected chi connectivity index (χ4v) is 2.83. The maximum atomic E-state index is 9.04. The van der Waals surface area contributed by atoms with Gasteiger partial charge in [-0.05, 0) is 35.0 Å². The van der Waals surface area contributed by atoms with Gasteiger partial charge in [-0.25, -0.2) is 4.98 Å². The Bertz CT molecular complexity index is 775. The van der Waals surface area contributed by atoms with Gasteiger partial charge in [0.1, 0.15) is 6.07 Å². The highest BCUT2D eigenvalue weighted by molar-refractivity contribution is 7.99. The van der Waals surface area contributed by atoms with Gasteiger partial charge in [0.15, 0.2) is 5.69 Å². The van der Waals surface area contributed by atoms with Crippen LogP contribution in [0.4, 0.5) is 0 Å². The van der Waals surface area contributed by atoms with Gasteiger partial charge in [-0.2, -0.15) is 5.26 Å². The molecule has 0 unspecified atom stereocenters. The molecule has 2 aromatic carbocycles. The van der Waals surface area contributed by atoms with E-state index in [1.54, 1.807) is 18.0 Å². The van der Waals surface area contributed by atoms with Crippen LogP contribution in [0.2, 0.25) is 0 Å². The summed E-state index contributed by atoms with van der Waals surface area (Å²) in [7, 11) is 0. The summed E-state index contributed by atoms with van der Waals surface area (Å²) in [6, 6.07) is 20.4. The Morgan fingerprint density at radius 2 is 1.79 bits per heavy atom. The SMILES string of the molecule is N#Cc1ncccc1Sc1ccc2ccccc2c1. The zero-order valence-electron chi connectivity index (χ0n) is 10.1. The van der Waals surface area contributed by atoms with Crippen molar-refractivity contribution in [3.8, 4) is 6.07 Å². The van der Waals surface area contributed by atoms with Crippen LogP contribution in [-0.4, -0.2) is 4.98 Å². The van der Waals surface area contributed by atoms with Gasteiger partial charge < -0.3 is 0 Å². The van der Waals surface area contributed by atoms with Crippen molar-refractivity contribution < 1.29 is 0 Å². The average Bonchev–Trinajstić information content (AvgIpc) is 2.48. The lowest BCUT2D eigenvalue weighted by Crippen LogP contribution is -1.85. The van der Waals surface area contributed by atoms with E-state index in [9.17, 15) is 0 Å². The second-order valence-electron chi connectivity index (χ2n) is 4.07. The van der Waals surface area contributed by atoms with E-state index in [-0.39, 0.29) is 0 Å². The van der Waals surface area contributed by atoms with Crippen LogP contribution in [0, 0.1) is 11.3 Å². The lowest BCUT2D eigenvalue weighted by Gasteiger charge is -2.04. The van der Waals surface area contributed by atoms with Gasteiger partial charge in [-0.15, -0.1) is 0 Å². The van der Waals surface area contributed by atoms with Gasteiger partial charge in [0.05, 0.1) is 0 Å². The third kappa shape index (κ3) is 2.44. The number of hydrogen-bond donors (Lipinski definition) is 0. The van der Waals surface area contributed by atoms with E-state index in [2.05, 4.69) is 41.4 Å². The maximum Gasteiger partial charge on any atom is 0.154 e. The lowest BCUT2D eigenvalue weighted by atomic mass is 10.1. The minimum atomic E-state index is 0.473. The summed E-state index contributed by atoms with van der Waals surface area (Å²) in [6.45, 7) is 0. The molecule has 90 valence electrons. The highest BCUT2D eigenvalue weighted by Gasteiger charge is 2.05. The minimum absolute atomic E-state index is 0.473. The Hall–Kier alpha value is -2.31. The van der Waals surface area contributed by atoms with Crippen LogP contribution >= 0.6 is 11.8 Å². The van der Waals surface area contributed by atoms with Gasteiger partial charge in [-0.1, -0.05) is 42.1 Å². The van der Waals surface area contributed by atoms with Crippen LogP contribution in [0.15, 0.2) is 70.6 Å². The minimum Gasteiger partial charge on any atom is -0.244 e. The lowest BCUT2D eigenvalue weighted by molar-refractivity contribution is 1.18. The number of aromatic nitrogens is 1. The Labute approximate surface area is 115 Å². The second-order valence-corrected chi connectivity index (χ2v) is 5.19. The van der Waals surface area contributed by atoms with Crippen molar-refractivity contribution in [2.24, 2.45) is 0 Å². The van der Waals surface area contributed by atoms with Crippen LogP contribution in [0.3, 0.4) is 0 Å². The molecular weight excluding hydrogens is 252 g/mol. The van der Waals surface area contributed by atoms with Crippen LogP contribution in [0.1, 0.15) is 5.69 Å². The largest absolute Gasteiger partial charge is 0.244 e. The summed E-state index contributed by atoms with van der Waals surface area (Å²) in [6.07, 6.45) is 1.64. The van der Waals surface area contributed by atoms with Gasteiger partial charge in [0.2, 0.25) is 0 Å². The molecule has 0 spiro atoms. The smallest absolute Gasteiger partial charge is 0.154 e. The number of pyridine rings is 1. The first-order chi connectivity index (χ1) is 9.36. The molecule has 0 atom stereocenters. The fourth-order valence-electron chi connectivity index (χ4n) is 1.91. The number of nitriles is 1. The third-order valence-corrected chi connectivity index (χ3v) is 3.86. The molecule has 2 nitrogen and oxygen atoms in total. The van der Waals surface area contributed by atoms with Crippen molar-refractivity contribution in [1.82, 2.24) is 4.98 Å². The van der Waals surface area contributed by atoms with Crippen LogP contribution in [-0.2, 0) is 0 Å². The number of fused-ring (bicyclic) bond motifs is 1. The molecule has 1 heterocycles. The van der Waals surface area contributed by atoms with Gasteiger partial charge >= 0.3 is 0 Å². The first-order valence-electron chi connectivity index (χ1n) is 5.88. The van der Waals surface area contributed by atoms with Crippen LogP contribution in [0.5, 0.6) is 0 Å². The molecule has 0 saturated heterocycles. The Balaban J connectivity index is 1.99. The molecule has 0 aliphatic rings. The molecule has 0 aliphatic heterocycles. The standard InChI is InChI=1S/C16H10N2S/c17-11-15-16(6-3-9-18-15)19-14-8-7-12-4-1-2-5-13(12)10-14/h1-10H. The summed E-state index contributed by atoms with van der Waals surface area (Å²) >= 11 is 1.57. The molecule has 3 rings (SSSR count). The molecular formula is C16H10N2S. The summed E-state index contributed by atoms with van der Waals surface area (Å²) in [5.41, 5.74) is 0.473. The molecule has 0 amide bonds. The van der Waals surface area contributed by atoms with Crippen molar-refractivity contribution in [1.29, 1.82) is 5.26 Å². The molecule has 0 N–H and O–H groups in total. The van der Waals surface area contributed by atoms with E-state index < -0.39 is 0 Å². The van der Waals surface area contributed by atoms with Crippen LogP contribution in [0.25, 0.3) is 10.8 Å².